The number of esters is 1. The number of halogens is 2. The highest BCUT2D eigenvalue weighted by molar-refractivity contribution is 9.10. The van der Waals surface area contributed by atoms with Crippen LogP contribution in [0.2, 0.25) is 0 Å². The molecule has 0 unspecified atom stereocenters. The first-order chi connectivity index (χ1) is 11.5. The van der Waals surface area contributed by atoms with E-state index in [4.69, 9.17) is 4.74 Å². The first kappa shape index (κ1) is 16.8. The lowest BCUT2D eigenvalue weighted by atomic mass is 9.85. The van der Waals surface area contributed by atoms with Crippen LogP contribution in [0.15, 0.2) is 34.8 Å². The van der Waals surface area contributed by atoms with Gasteiger partial charge < -0.3 is 4.74 Å². The third-order valence-electron chi connectivity index (χ3n) is 4.29. The van der Waals surface area contributed by atoms with Gasteiger partial charge in [-0.2, -0.15) is 0 Å². The molecule has 1 aliphatic heterocycles. The zero-order chi connectivity index (χ0) is 17.3. The molecule has 7 heteroatoms. The quantitative estimate of drug-likeness (QED) is 0.446. The van der Waals surface area contributed by atoms with Crippen LogP contribution in [-0.4, -0.2) is 29.2 Å². The zero-order valence-corrected chi connectivity index (χ0v) is 14.3. The van der Waals surface area contributed by atoms with Gasteiger partial charge in [0, 0.05) is 10.0 Å². The largest absolute Gasteiger partial charge is 0.459 e. The Morgan fingerprint density at radius 1 is 1.21 bits per heavy atom. The fourth-order valence-electron chi connectivity index (χ4n) is 3.00. The third kappa shape index (κ3) is 3.26. The van der Waals surface area contributed by atoms with E-state index in [-0.39, 0.29) is 35.8 Å². The van der Waals surface area contributed by atoms with Gasteiger partial charge in [-0.1, -0.05) is 34.1 Å². The lowest BCUT2D eigenvalue weighted by Crippen LogP contribution is -2.36. The summed E-state index contributed by atoms with van der Waals surface area (Å²) in [5, 5.41) is 0. The number of benzene rings is 1. The highest BCUT2D eigenvalue weighted by Gasteiger charge is 2.47. The van der Waals surface area contributed by atoms with Crippen LogP contribution in [0.5, 0.6) is 0 Å². The van der Waals surface area contributed by atoms with Gasteiger partial charge in [0.25, 0.3) is 0 Å². The van der Waals surface area contributed by atoms with Crippen LogP contribution in [-0.2, 0) is 25.7 Å². The molecule has 1 fully saturated rings. The fraction of sp³-hybridized carbons (Fsp3) is 0.353. The molecule has 1 aromatic rings. The minimum atomic E-state index is -0.731. The Morgan fingerprint density at radius 2 is 1.83 bits per heavy atom. The SMILES string of the molecule is O=C(CN1C(=O)[C@@H]2CC=CC[C@H]2C1=O)OCc1ccc(Br)cc1F. The fourth-order valence-corrected chi connectivity index (χ4v) is 3.33. The van der Waals surface area contributed by atoms with E-state index >= 15 is 0 Å². The van der Waals surface area contributed by atoms with Crippen molar-refractivity contribution in [3.63, 3.8) is 0 Å². The van der Waals surface area contributed by atoms with Gasteiger partial charge in [0.15, 0.2) is 0 Å². The average Bonchev–Trinajstić information content (AvgIpc) is 2.79. The summed E-state index contributed by atoms with van der Waals surface area (Å²) < 4.78 is 19.3. The predicted octanol–water partition coefficient (Wildman–Crippen LogP) is 2.58. The lowest BCUT2D eigenvalue weighted by molar-refractivity contribution is -0.153. The average molecular weight is 396 g/mol. The third-order valence-corrected chi connectivity index (χ3v) is 4.78. The van der Waals surface area contributed by atoms with Gasteiger partial charge in [-0.25, -0.2) is 4.39 Å². The number of fused-ring (bicyclic) bond motifs is 1. The molecule has 0 saturated carbocycles. The van der Waals surface area contributed by atoms with Gasteiger partial charge >= 0.3 is 5.97 Å². The number of hydrogen-bond acceptors (Lipinski definition) is 4. The monoisotopic (exact) mass is 395 g/mol. The van der Waals surface area contributed by atoms with E-state index in [2.05, 4.69) is 15.9 Å². The van der Waals surface area contributed by atoms with Gasteiger partial charge in [-0.15, -0.1) is 0 Å². The molecule has 24 heavy (non-hydrogen) atoms. The highest BCUT2D eigenvalue weighted by atomic mass is 79.9. The van der Waals surface area contributed by atoms with E-state index in [1.807, 2.05) is 12.2 Å². The van der Waals surface area contributed by atoms with Gasteiger partial charge in [0.1, 0.15) is 19.0 Å². The Balaban J connectivity index is 1.59. The molecule has 126 valence electrons. The van der Waals surface area contributed by atoms with E-state index < -0.39 is 18.3 Å². The Labute approximate surface area is 146 Å². The number of hydrogen-bond donors (Lipinski definition) is 0. The molecule has 1 heterocycles. The molecule has 0 bridgehead atoms. The van der Waals surface area contributed by atoms with Gasteiger partial charge in [0.05, 0.1) is 11.8 Å². The Hall–Kier alpha value is -2.02. The molecule has 0 spiro atoms. The second-order valence-corrected chi connectivity index (χ2v) is 6.73. The number of likely N-dealkylation sites (tertiary alicyclic amines) is 1. The number of amides is 2. The predicted molar refractivity (Wildman–Crippen MR) is 86.0 cm³/mol. The Kier molecular flexibility index (Phi) is 4.80. The van der Waals surface area contributed by atoms with Crippen molar-refractivity contribution >= 4 is 33.7 Å². The number of ether oxygens (including phenoxy) is 1. The maximum atomic E-state index is 13.7. The topological polar surface area (TPSA) is 63.7 Å². The van der Waals surface area contributed by atoms with Crippen molar-refractivity contribution in [3.8, 4) is 0 Å². The molecule has 5 nitrogen and oxygen atoms in total. The van der Waals surface area contributed by atoms with Gasteiger partial charge in [0.2, 0.25) is 11.8 Å². The Morgan fingerprint density at radius 3 is 2.42 bits per heavy atom. The number of rotatable bonds is 4. The molecule has 1 aliphatic carbocycles. The van der Waals surface area contributed by atoms with Crippen LogP contribution in [0, 0.1) is 17.7 Å². The van der Waals surface area contributed by atoms with Crippen molar-refractivity contribution in [2.24, 2.45) is 11.8 Å². The van der Waals surface area contributed by atoms with Gasteiger partial charge in [-0.05, 0) is 25.0 Å². The van der Waals surface area contributed by atoms with Crippen molar-refractivity contribution < 1.29 is 23.5 Å². The van der Waals surface area contributed by atoms with E-state index in [9.17, 15) is 18.8 Å². The molecule has 1 saturated heterocycles. The summed E-state index contributed by atoms with van der Waals surface area (Å²) in [6.07, 6.45) is 4.80. The van der Waals surface area contributed by atoms with E-state index in [1.54, 1.807) is 6.07 Å². The number of imide groups is 1. The van der Waals surface area contributed by atoms with Crippen molar-refractivity contribution in [3.05, 3.63) is 46.2 Å². The maximum absolute atomic E-state index is 13.7. The van der Waals surface area contributed by atoms with E-state index in [0.717, 1.165) is 4.90 Å². The summed E-state index contributed by atoms with van der Waals surface area (Å²) in [5.41, 5.74) is 0.225. The van der Waals surface area contributed by atoms with Crippen LogP contribution in [0.25, 0.3) is 0 Å². The summed E-state index contributed by atoms with van der Waals surface area (Å²) in [6, 6.07) is 4.41. The molecule has 2 aliphatic rings. The molecule has 0 aromatic heterocycles. The van der Waals surface area contributed by atoms with Crippen LogP contribution in [0.3, 0.4) is 0 Å². The van der Waals surface area contributed by atoms with Gasteiger partial charge in [-0.3, -0.25) is 19.3 Å². The summed E-state index contributed by atoms with van der Waals surface area (Å²) in [6.45, 7) is -0.675. The molecule has 1 aromatic carbocycles. The second-order valence-electron chi connectivity index (χ2n) is 5.81. The molecule has 0 radical (unpaired) electrons. The minimum absolute atomic E-state index is 0.225. The van der Waals surface area contributed by atoms with Crippen molar-refractivity contribution in [1.29, 1.82) is 0 Å². The standard InChI is InChI=1S/C17H15BrFNO4/c18-11-6-5-10(14(19)7-11)9-24-15(21)8-20-16(22)12-3-1-2-4-13(12)17(20)23/h1-2,5-7,12-13H,3-4,8-9H2/t12-,13-/m1/s1. The maximum Gasteiger partial charge on any atom is 0.326 e. The van der Waals surface area contributed by atoms with Crippen LogP contribution >= 0.6 is 15.9 Å². The van der Waals surface area contributed by atoms with E-state index in [1.165, 1.54) is 12.1 Å². The van der Waals surface area contributed by atoms with Crippen LogP contribution in [0.4, 0.5) is 4.39 Å². The summed E-state index contributed by atoms with van der Waals surface area (Å²) in [4.78, 5) is 37.4. The normalized spacial score (nSPS) is 22.7. The smallest absolute Gasteiger partial charge is 0.326 e. The van der Waals surface area contributed by atoms with Crippen molar-refractivity contribution in [1.82, 2.24) is 4.90 Å². The number of nitrogens with zero attached hydrogens (tertiary/aromatic N) is 1. The molecule has 2 amide bonds. The lowest BCUT2D eigenvalue weighted by Gasteiger charge is -2.14. The van der Waals surface area contributed by atoms with E-state index in [0.29, 0.717) is 17.3 Å². The zero-order valence-electron chi connectivity index (χ0n) is 12.7. The summed E-state index contributed by atoms with van der Waals surface area (Å²) in [7, 11) is 0. The summed E-state index contributed by atoms with van der Waals surface area (Å²) >= 11 is 3.14. The minimum Gasteiger partial charge on any atom is -0.459 e. The molecular weight excluding hydrogens is 381 g/mol. The number of carbonyl (C=O) groups excluding carboxylic acids is 3. The van der Waals surface area contributed by atoms with Crippen molar-refractivity contribution in [2.75, 3.05) is 6.54 Å². The molecular formula is C17H15BrFNO4. The van der Waals surface area contributed by atoms with Crippen LogP contribution < -0.4 is 0 Å². The summed E-state index contributed by atoms with van der Waals surface area (Å²) in [5.74, 6) is -2.64. The Bertz CT molecular complexity index is 707. The number of carbonyl (C=O) groups is 3. The second kappa shape index (κ2) is 6.84. The van der Waals surface area contributed by atoms with Crippen LogP contribution in [0.1, 0.15) is 18.4 Å². The molecule has 2 atom stereocenters. The first-order valence-electron chi connectivity index (χ1n) is 7.57. The highest BCUT2D eigenvalue weighted by Crippen LogP contribution is 2.34. The first-order valence-corrected chi connectivity index (χ1v) is 8.36. The molecule has 0 N–H and O–H groups in total. The van der Waals surface area contributed by atoms with Crippen molar-refractivity contribution in [2.45, 2.75) is 19.4 Å². The number of allylic oxidation sites excluding steroid dienone is 2. The molecule has 3 rings (SSSR count).